The SMILES string of the molecule is CN=C(NCCc1ccc(OC)c(OC)c1OC)N(C)CCOCC1CC1.I. The molecule has 0 aliphatic heterocycles. The standard InChI is InChI=1S/C20H33N3O4.HI/c1-21-20(23(2)12-13-27-14-15-6-7-15)22-11-10-16-8-9-17(24-3)19(26-5)18(16)25-4;/h8-9,15H,6-7,10-14H2,1-5H3,(H,21,22);1H. The maximum atomic E-state index is 5.71. The summed E-state index contributed by atoms with van der Waals surface area (Å²) >= 11 is 0. The fourth-order valence-electron chi connectivity index (χ4n) is 2.90. The van der Waals surface area contributed by atoms with Crippen molar-refractivity contribution < 1.29 is 18.9 Å². The highest BCUT2D eigenvalue weighted by molar-refractivity contribution is 14.0. The summed E-state index contributed by atoms with van der Waals surface area (Å²) in [5.41, 5.74) is 1.05. The number of nitrogens with one attached hydrogen (secondary N) is 1. The van der Waals surface area contributed by atoms with Gasteiger partial charge in [-0.25, -0.2) is 0 Å². The highest BCUT2D eigenvalue weighted by Gasteiger charge is 2.21. The fraction of sp³-hybridized carbons (Fsp3) is 0.650. The highest BCUT2D eigenvalue weighted by Crippen LogP contribution is 2.39. The first-order valence-corrected chi connectivity index (χ1v) is 9.41. The molecule has 0 atom stereocenters. The third-order valence-electron chi connectivity index (χ3n) is 4.66. The highest BCUT2D eigenvalue weighted by atomic mass is 127. The van der Waals surface area contributed by atoms with Crippen LogP contribution in [0.5, 0.6) is 17.2 Å². The quantitative estimate of drug-likeness (QED) is 0.215. The second-order valence-corrected chi connectivity index (χ2v) is 6.66. The minimum Gasteiger partial charge on any atom is -0.493 e. The third kappa shape index (κ3) is 7.20. The van der Waals surface area contributed by atoms with Crippen LogP contribution in [0.4, 0.5) is 0 Å². The van der Waals surface area contributed by atoms with Crippen molar-refractivity contribution in [1.29, 1.82) is 0 Å². The van der Waals surface area contributed by atoms with Gasteiger partial charge in [0.2, 0.25) is 5.75 Å². The molecule has 0 spiro atoms. The van der Waals surface area contributed by atoms with Gasteiger partial charge < -0.3 is 29.2 Å². The summed E-state index contributed by atoms with van der Waals surface area (Å²) < 4.78 is 22.0. The number of aliphatic imine (C=N–C) groups is 1. The van der Waals surface area contributed by atoms with E-state index in [9.17, 15) is 0 Å². The molecule has 0 amide bonds. The average Bonchev–Trinajstić information content (AvgIpc) is 3.52. The Hall–Kier alpha value is -1.42. The van der Waals surface area contributed by atoms with Gasteiger partial charge in [0, 0.05) is 39.4 Å². The molecule has 1 N–H and O–H groups in total. The van der Waals surface area contributed by atoms with Gasteiger partial charge in [-0.3, -0.25) is 4.99 Å². The van der Waals surface area contributed by atoms with Crippen LogP contribution in [0.2, 0.25) is 0 Å². The normalized spacial score (nSPS) is 13.5. The van der Waals surface area contributed by atoms with Gasteiger partial charge in [-0.15, -0.1) is 24.0 Å². The molecule has 8 heteroatoms. The monoisotopic (exact) mass is 507 g/mol. The van der Waals surface area contributed by atoms with E-state index in [0.29, 0.717) is 17.2 Å². The minimum atomic E-state index is 0. The van der Waals surface area contributed by atoms with Crippen LogP contribution in [0.1, 0.15) is 18.4 Å². The van der Waals surface area contributed by atoms with E-state index in [2.05, 4.69) is 15.2 Å². The molecule has 0 unspecified atom stereocenters. The molecule has 0 aromatic heterocycles. The molecule has 0 heterocycles. The molecule has 1 fully saturated rings. The predicted molar refractivity (Wildman–Crippen MR) is 123 cm³/mol. The minimum absolute atomic E-state index is 0. The Morgan fingerprint density at radius 2 is 1.86 bits per heavy atom. The average molecular weight is 507 g/mol. The molecule has 1 aliphatic rings. The number of hydrogen-bond donors (Lipinski definition) is 1. The Morgan fingerprint density at radius 1 is 1.14 bits per heavy atom. The van der Waals surface area contributed by atoms with Gasteiger partial charge in [0.25, 0.3) is 0 Å². The topological polar surface area (TPSA) is 64.6 Å². The molecular formula is C20H34IN3O4. The number of guanidine groups is 1. The van der Waals surface area contributed by atoms with Crippen LogP contribution in [0.3, 0.4) is 0 Å². The van der Waals surface area contributed by atoms with E-state index in [1.54, 1.807) is 28.4 Å². The van der Waals surface area contributed by atoms with Crippen LogP contribution in [0.15, 0.2) is 17.1 Å². The number of nitrogens with zero attached hydrogens (tertiary/aromatic N) is 2. The summed E-state index contributed by atoms with van der Waals surface area (Å²) in [5.74, 6) is 3.63. The molecule has 0 radical (unpaired) electrons. The number of hydrogen-bond acceptors (Lipinski definition) is 5. The van der Waals surface area contributed by atoms with E-state index in [1.165, 1.54) is 12.8 Å². The number of rotatable bonds is 11. The largest absolute Gasteiger partial charge is 0.493 e. The molecule has 0 bridgehead atoms. The van der Waals surface area contributed by atoms with E-state index in [4.69, 9.17) is 18.9 Å². The van der Waals surface area contributed by atoms with Gasteiger partial charge in [0.05, 0.1) is 27.9 Å². The number of likely N-dealkylation sites (N-methyl/N-ethyl adjacent to an activating group) is 1. The Bertz CT molecular complexity index is 624. The van der Waals surface area contributed by atoms with Crippen molar-refractivity contribution in [2.75, 3.05) is 61.7 Å². The van der Waals surface area contributed by atoms with Crippen molar-refractivity contribution in [2.24, 2.45) is 10.9 Å². The Balaban J connectivity index is 0.00000392. The van der Waals surface area contributed by atoms with Gasteiger partial charge in [-0.1, -0.05) is 6.07 Å². The number of benzene rings is 1. The van der Waals surface area contributed by atoms with Gasteiger partial charge >= 0.3 is 0 Å². The maximum Gasteiger partial charge on any atom is 0.203 e. The van der Waals surface area contributed by atoms with Crippen molar-refractivity contribution in [3.05, 3.63) is 17.7 Å². The van der Waals surface area contributed by atoms with Crippen LogP contribution in [0, 0.1) is 5.92 Å². The second kappa shape index (κ2) is 12.9. The van der Waals surface area contributed by atoms with E-state index < -0.39 is 0 Å². The number of methoxy groups -OCH3 is 3. The van der Waals surface area contributed by atoms with Crippen LogP contribution in [-0.2, 0) is 11.2 Å². The Morgan fingerprint density at radius 3 is 2.43 bits per heavy atom. The molecule has 1 aliphatic carbocycles. The van der Waals surface area contributed by atoms with E-state index in [-0.39, 0.29) is 24.0 Å². The van der Waals surface area contributed by atoms with E-state index >= 15 is 0 Å². The van der Waals surface area contributed by atoms with Crippen molar-refractivity contribution in [2.45, 2.75) is 19.3 Å². The summed E-state index contributed by atoms with van der Waals surface area (Å²) in [7, 11) is 8.69. The summed E-state index contributed by atoms with van der Waals surface area (Å²) in [6.45, 7) is 3.15. The lowest BCUT2D eigenvalue weighted by Gasteiger charge is -2.22. The van der Waals surface area contributed by atoms with Gasteiger partial charge in [-0.2, -0.15) is 0 Å². The van der Waals surface area contributed by atoms with Crippen LogP contribution in [0.25, 0.3) is 0 Å². The molecule has 28 heavy (non-hydrogen) atoms. The molecular weight excluding hydrogens is 473 g/mol. The summed E-state index contributed by atoms with van der Waals surface area (Å²) in [5, 5.41) is 3.39. The summed E-state index contributed by atoms with van der Waals surface area (Å²) in [6, 6.07) is 3.90. The second-order valence-electron chi connectivity index (χ2n) is 6.66. The molecule has 1 saturated carbocycles. The number of halogens is 1. The van der Waals surface area contributed by atoms with Gasteiger partial charge in [-0.05, 0) is 31.2 Å². The lowest BCUT2D eigenvalue weighted by atomic mass is 10.1. The Labute approximate surface area is 185 Å². The van der Waals surface area contributed by atoms with E-state index in [0.717, 1.165) is 50.2 Å². The molecule has 1 aromatic rings. The third-order valence-corrected chi connectivity index (χ3v) is 4.66. The van der Waals surface area contributed by atoms with Crippen molar-refractivity contribution >= 4 is 29.9 Å². The van der Waals surface area contributed by atoms with Crippen molar-refractivity contribution in [3.63, 3.8) is 0 Å². The van der Waals surface area contributed by atoms with Crippen LogP contribution in [-0.4, -0.2) is 72.6 Å². The van der Waals surface area contributed by atoms with Crippen molar-refractivity contribution in [1.82, 2.24) is 10.2 Å². The molecule has 2 rings (SSSR count). The molecule has 7 nitrogen and oxygen atoms in total. The molecule has 0 saturated heterocycles. The lowest BCUT2D eigenvalue weighted by Crippen LogP contribution is -2.41. The maximum absolute atomic E-state index is 5.71. The van der Waals surface area contributed by atoms with Crippen LogP contribution < -0.4 is 19.5 Å². The van der Waals surface area contributed by atoms with Gasteiger partial charge in [0.1, 0.15) is 0 Å². The Kier molecular flexibility index (Phi) is 11.4. The van der Waals surface area contributed by atoms with E-state index in [1.807, 2.05) is 19.2 Å². The first kappa shape index (κ1) is 24.6. The van der Waals surface area contributed by atoms with Crippen LogP contribution >= 0.6 is 24.0 Å². The fourth-order valence-corrected chi connectivity index (χ4v) is 2.90. The first-order chi connectivity index (χ1) is 13.1. The summed E-state index contributed by atoms with van der Waals surface area (Å²) in [4.78, 5) is 6.43. The van der Waals surface area contributed by atoms with Crippen molar-refractivity contribution in [3.8, 4) is 17.2 Å². The zero-order valence-corrected chi connectivity index (χ0v) is 19.9. The smallest absolute Gasteiger partial charge is 0.203 e. The number of ether oxygens (including phenoxy) is 4. The molecule has 1 aromatic carbocycles. The first-order valence-electron chi connectivity index (χ1n) is 9.41. The lowest BCUT2D eigenvalue weighted by molar-refractivity contribution is 0.115. The zero-order valence-electron chi connectivity index (χ0n) is 17.6. The summed E-state index contributed by atoms with van der Waals surface area (Å²) in [6.07, 6.45) is 3.41. The molecule has 160 valence electrons. The predicted octanol–water partition coefficient (Wildman–Crippen LogP) is 2.81. The van der Waals surface area contributed by atoms with Gasteiger partial charge in [0.15, 0.2) is 17.5 Å². The zero-order chi connectivity index (χ0) is 19.6.